The van der Waals surface area contributed by atoms with Crippen LogP contribution in [0.2, 0.25) is 0 Å². The molecule has 1 amide bonds. The highest BCUT2D eigenvalue weighted by molar-refractivity contribution is 7.10. The van der Waals surface area contributed by atoms with E-state index in [9.17, 15) is 9.59 Å². The van der Waals surface area contributed by atoms with Gasteiger partial charge in [-0.3, -0.25) is 9.59 Å². The molecule has 2 atom stereocenters. The molecule has 4 nitrogen and oxygen atoms in total. The number of thiophene rings is 1. The highest BCUT2D eigenvalue weighted by Gasteiger charge is 2.39. The van der Waals surface area contributed by atoms with Gasteiger partial charge in [-0.05, 0) is 23.9 Å². The Kier molecular flexibility index (Phi) is 4.17. The first kappa shape index (κ1) is 16.1. The van der Waals surface area contributed by atoms with Crippen molar-refractivity contribution < 1.29 is 14.3 Å². The van der Waals surface area contributed by atoms with Crippen molar-refractivity contribution in [2.75, 3.05) is 7.11 Å². The fourth-order valence-electron chi connectivity index (χ4n) is 3.90. The lowest BCUT2D eigenvalue weighted by molar-refractivity contribution is -0.122. The van der Waals surface area contributed by atoms with Crippen LogP contribution < -0.4 is 10.1 Å². The van der Waals surface area contributed by atoms with E-state index in [1.54, 1.807) is 18.4 Å². The largest absolute Gasteiger partial charge is 0.496 e. The van der Waals surface area contributed by atoms with Crippen LogP contribution in [0.4, 0.5) is 0 Å². The Balaban J connectivity index is 1.76. The number of benzene rings is 1. The number of nitrogens with one attached hydrogen (secondary N) is 1. The van der Waals surface area contributed by atoms with Crippen LogP contribution >= 0.6 is 11.3 Å². The van der Waals surface area contributed by atoms with Gasteiger partial charge < -0.3 is 10.1 Å². The zero-order valence-electron chi connectivity index (χ0n) is 14.0. The van der Waals surface area contributed by atoms with E-state index in [1.807, 2.05) is 35.7 Å². The molecule has 128 valence electrons. The van der Waals surface area contributed by atoms with Crippen LogP contribution in [0.15, 0.2) is 53.0 Å². The minimum Gasteiger partial charge on any atom is -0.496 e. The standard InChI is InChI=1S/C20H19NO3S/c1-24-17-6-3-2-5-13(17)14-11-19(23)21-15-9-12(10-16(22)20(14)15)18-7-4-8-25-18/h2-8,12,14H,9-11H2,1H3,(H,21,23). The highest BCUT2D eigenvalue weighted by atomic mass is 32.1. The predicted octanol–water partition coefficient (Wildman–Crippen LogP) is 3.76. The van der Waals surface area contributed by atoms with Gasteiger partial charge in [-0.25, -0.2) is 0 Å². The molecular weight excluding hydrogens is 334 g/mol. The molecular formula is C20H19NO3S. The lowest BCUT2D eigenvalue weighted by Crippen LogP contribution is -2.38. The molecule has 0 radical (unpaired) electrons. The molecule has 0 bridgehead atoms. The van der Waals surface area contributed by atoms with Crippen LogP contribution in [0, 0.1) is 0 Å². The van der Waals surface area contributed by atoms with Crippen molar-refractivity contribution in [1.82, 2.24) is 5.32 Å². The first-order valence-corrected chi connectivity index (χ1v) is 9.27. The van der Waals surface area contributed by atoms with Gasteiger partial charge in [-0.1, -0.05) is 24.3 Å². The molecule has 0 saturated carbocycles. The Morgan fingerprint density at radius 3 is 2.68 bits per heavy atom. The topological polar surface area (TPSA) is 55.4 Å². The molecule has 1 aliphatic carbocycles. The van der Waals surface area contributed by atoms with Crippen molar-refractivity contribution >= 4 is 23.0 Å². The molecule has 0 spiro atoms. The number of ketones is 1. The molecule has 1 aromatic heterocycles. The molecule has 4 rings (SSSR count). The molecule has 1 aromatic carbocycles. The number of amides is 1. The second-order valence-electron chi connectivity index (χ2n) is 6.48. The molecule has 25 heavy (non-hydrogen) atoms. The summed E-state index contributed by atoms with van der Waals surface area (Å²) in [6.45, 7) is 0. The molecule has 5 heteroatoms. The normalized spacial score (nSPS) is 23.2. The summed E-state index contributed by atoms with van der Waals surface area (Å²) >= 11 is 1.67. The van der Waals surface area contributed by atoms with E-state index in [0.717, 1.165) is 22.6 Å². The maximum absolute atomic E-state index is 13.0. The molecule has 1 N–H and O–H groups in total. The van der Waals surface area contributed by atoms with Crippen LogP contribution in [-0.2, 0) is 9.59 Å². The Hall–Kier alpha value is -2.40. The summed E-state index contributed by atoms with van der Waals surface area (Å²) in [4.78, 5) is 26.5. The van der Waals surface area contributed by atoms with Crippen molar-refractivity contribution in [2.24, 2.45) is 0 Å². The summed E-state index contributed by atoms with van der Waals surface area (Å²) in [7, 11) is 1.62. The Labute approximate surface area is 150 Å². The van der Waals surface area contributed by atoms with Crippen LogP contribution in [0.5, 0.6) is 5.75 Å². The first-order chi connectivity index (χ1) is 12.2. The third kappa shape index (κ3) is 2.89. The molecule has 2 aromatic rings. The summed E-state index contributed by atoms with van der Waals surface area (Å²) in [5.41, 5.74) is 2.47. The van der Waals surface area contributed by atoms with Crippen molar-refractivity contribution in [3.05, 3.63) is 63.5 Å². The van der Waals surface area contributed by atoms with Gasteiger partial charge in [0, 0.05) is 46.4 Å². The van der Waals surface area contributed by atoms with E-state index in [2.05, 4.69) is 11.4 Å². The number of ether oxygens (including phenoxy) is 1. The van der Waals surface area contributed by atoms with E-state index in [1.165, 1.54) is 4.88 Å². The Bertz CT molecular complexity index is 854. The van der Waals surface area contributed by atoms with Gasteiger partial charge in [-0.2, -0.15) is 0 Å². The van der Waals surface area contributed by atoms with E-state index >= 15 is 0 Å². The number of para-hydroxylation sites is 1. The summed E-state index contributed by atoms with van der Waals surface area (Å²) in [6, 6.07) is 11.7. The van der Waals surface area contributed by atoms with Crippen molar-refractivity contribution in [3.8, 4) is 5.75 Å². The Morgan fingerprint density at radius 2 is 1.92 bits per heavy atom. The van der Waals surface area contributed by atoms with Gasteiger partial charge in [0.25, 0.3) is 0 Å². The van der Waals surface area contributed by atoms with E-state index < -0.39 is 0 Å². The Morgan fingerprint density at radius 1 is 1.08 bits per heavy atom. The maximum atomic E-state index is 13.0. The molecule has 1 aliphatic heterocycles. The monoisotopic (exact) mass is 353 g/mol. The smallest absolute Gasteiger partial charge is 0.225 e. The van der Waals surface area contributed by atoms with E-state index in [0.29, 0.717) is 12.8 Å². The second kappa shape index (κ2) is 6.48. The number of rotatable bonds is 3. The second-order valence-corrected chi connectivity index (χ2v) is 7.46. The van der Waals surface area contributed by atoms with E-state index in [4.69, 9.17) is 4.74 Å². The number of allylic oxidation sites excluding steroid dienone is 2. The molecule has 0 saturated heterocycles. The minimum absolute atomic E-state index is 0.0331. The zero-order valence-corrected chi connectivity index (χ0v) is 14.8. The van der Waals surface area contributed by atoms with Gasteiger partial charge >= 0.3 is 0 Å². The number of carbonyl (C=O) groups excluding carboxylic acids is 2. The number of Topliss-reactive ketones (excluding diaryl/α,β-unsaturated/α-hetero) is 1. The molecule has 2 unspecified atom stereocenters. The van der Waals surface area contributed by atoms with Gasteiger partial charge in [0.1, 0.15) is 5.75 Å². The third-order valence-electron chi connectivity index (χ3n) is 5.00. The quantitative estimate of drug-likeness (QED) is 0.914. The zero-order chi connectivity index (χ0) is 17.4. The van der Waals surface area contributed by atoms with Crippen LogP contribution in [0.1, 0.15) is 41.5 Å². The van der Waals surface area contributed by atoms with Crippen LogP contribution in [0.3, 0.4) is 0 Å². The molecule has 2 heterocycles. The van der Waals surface area contributed by atoms with Crippen molar-refractivity contribution in [3.63, 3.8) is 0 Å². The average molecular weight is 353 g/mol. The van der Waals surface area contributed by atoms with Crippen molar-refractivity contribution in [1.29, 1.82) is 0 Å². The first-order valence-electron chi connectivity index (χ1n) is 8.39. The third-order valence-corrected chi connectivity index (χ3v) is 6.03. The number of hydrogen-bond acceptors (Lipinski definition) is 4. The summed E-state index contributed by atoms with van der Waals surface area (Å²) in [5, 5.41) is 4.99. The van der Waals surface area contributed by atoms with Crippen molar-refractivity contribution in [2.45, 2.75) is 31.1 Å². The van der Waals surface area contributed by atoms with Gasteiger partial charge in [0.15, 0.2) is 5.78 Å². The van der Waals surface area contributed by atoms with Crippen LogP contribution in [-0.4, -0.2) is 18.8 Å². The van der Waals surface area contributed by atoms with E-state index in [-0.39, 0.29) is 29.9 Å². The predicted molar refractivity (Wildman–Crippen MR) is 96.8 cm³/mol. The summed E-state index contributed by atoms with van der Waals surface area (Å²) in [6.07, 6.45) is 1.49. The van der Waals surface area contributed by atoms with Gasteiger partial charge in [0.2, 0.25) is 5.91 Å². The summed E-state index contributed by atoms with van der Waals surface area (Å²) in [5.74, 6) is 0.756. The van der Waals surface area contributed by atoms with Gasteiger partial charge in [-0.15, -0.1) is 11.3 Å². The number of methoxy groups -OCH3 is 1. The average Bonchev–Trinajstić information content (AvgIpc) is 3.15. The number of hydrogen-bond donors (Lipinski definition) is 1. The SMILES string of the molecule is COc1ccccc1C1CC(=O)NC2=C1C(=O)CC(c1cccs1)C2. The van der Waals surface area contributed by atoms with Gasteiger partial charge in [0.05, 0.1) is 7.11 Å². The fourth-order valence-corrected chi connectivity index (χ4v) is 4.74. The lowest BCUT2D eigenvalue weighted by atomic mass is 9.74. The molecule has 2 aliphatic rings. The number of carbonyl (C=O) groups is 2. The highest BCUT2D eigenvalue weighted by Crippen LogP contribution is 2.45. The van der Waals surface area contributed by atoms with Crippen LogP contribution in [0.25, 0.3) is 0 Å². The summed E-state index contributed by atoms with van der Waals surface area (Å²) < 4.78 is 5.46. The lowest BCUT2D eigenvalue weighted by Gasteiger charge is -2.34. The maximum Gasteiger partial charge on any atom is 0.225 e. The fraction of sp³-hybridized carbons (Fsp3) is 0.300. The molecule has 0 fully saturated rings. The minimum atomic E-state index is -0.225.